The second-order valence-corrected chi connectivity index (χ2v) is 4.01. The monoisotopic (exact) mass is 226 g/mol. The van der Waals surface area contributed by atoms with E-state index in [0.29, 0.717) is 12.1 Å². The SMILES string of the molecule is CCC/C(NC(C)=O)=C(/O)C(=O)NC1CC1. The van der Waals surface area contributed by atoms with E-state index < -0.39 is 5.91 Å². The number of aliphatic hydroxyl groups excluding tert-OH is 1. The van der Waals surface area contributed by atoms with Crippen LogP contribution in [0.1, 0.15) is 39.5 Å². The highest BCUT2D eigenvalue weighted by molar-refractivity contribution is 5.92. The molecular formula is C11H18N2O3. The molecule has 0 radical (unpaired) electrons. The summed E-state index contributed by atoms with van der Waals surface area (Å²) in [5, 5.41) is 14.8. The van der Waals surface area contributed by atoms with Gasteiger partial charge in [0, 0.05) is 13.0 Å². The lowest BCUT2D eigenvalue weighted by atomic mass is 10.2. The van der Waals surface area contributed by atoms with Crippen LogP contribution < -0.4 is 10.6 Å². The molecule has 0 unspecified atom stereocenters. The highest BCUT2D eigenvalue weighted by atomic mass is 16.3. The van der Waals surface area contributed by atoms with Gasteiger partial charge in [-0.3, -0.25) is 9.59 Å². The van der Waals surface area contributed by atoms with E-state index in [0.717, 1.165) is 19.3 Å². The molecule has 2 amide bonds. The second-order valence-electron chi connectivity index (χ2n) is 4.01. The number of nitrogens with one attached hydrogen (secondary N) is 2. The van der Waals surface area contributed by atoms with Crippen LogP contribution in [-0.2, 0) is 9.59 Å². The Balaban J connectivity index is 2.67. The van der Waals surface area contributed by atoms with Crippen molar-refractivity contribution in [2.24, 2.45) is 0 Å². The van der Waals surface area contributed by atoms with E-state index in [1.165, 1.54) is 6.92 Å². The van der Waals surface area contributed by atoms with Crippen LogP contribution in [0.5, 0.6) is 0 Å². The third-order valence-electron chi connectivity index (χ3n) is 2.24. The van der Waals surface area contributed by atoms with E-state index >= 15 is 0 Å². The molecule has 5 nitrogen and oxygen atoms in total. The van der Waals surface area contributed by atoms with Crippen molar-refractivity contribution < 1.29 is 14.7 Å². The maximum atomic E-state index is 11.5. The molecule has 0 aliphatic heterocycles. The number of rotatable bonds is 5. The van der Waals surface area contributed by atoms with Crippen molar-refractivity contribution in [3.05, 3.63) is 11.5 Å². The smallest absolute Gasteiger partial charge is 0.288 e. The highest BCUT2D eigenvalue weighted by Gasteiger charge is 2.25. The molecule has 1 fully saturated rings. The number of hydrogen-bond acceptors (Lipinski definition) is 3. The van der Waals surface area contributed by atoms with Crippen molar-refractivity contribution in [2.75, 3.05) is 0 Å². The average Bonchev–Trinajstić information content (AvgIpc) is 2.99. The third kappa shape index (κ3) is 3.92. The van der Waals surface area contributed by atoms with Gasteiger partial charge in [0.2, 0.25) is 11.7 Å². The van der Waals surface area contributed by atoms with Gasteiger partial charge >= 0.3 is 0 Å². The molecule has 0 atom stereocenters. The first-order chi connectivity index (χ1) is 7.54. The molecule has 0 heterocycles. The quantitative estimate of drug-likeness (QED) is 0.483. The standard InChI is InChI=1S/C11H18N2O3/c1-3-4-9(12-7(2)14)10(15)11(16)13-8-5-6-8/h8,15H,3-6H2,1-2H3,(H,12,14)(H,13,16)/b10-9-. The molecule has 0 aromatic rings. The van der Waals surface area contributed by atoms with Gasteiger partial charge in [-0.05, 0) is 19.3 Å². The van der Waals surface area contributed by atoms with Crippen LogP contribution in [0.25, 0.3) is 0 Å². The maximum Gasteiger partial charge on any atom is 0.288 e. The van der Waals surface area contributed by atoms with E-state index in [-0.39, 0.29) is 17.7 Å². The molecule has 0 bridgehead atoms. The van der Waals surface area contributed by atoms with Gasteiger partial charge in [0.1, 0.15) is 0 Å². The lowest BCUT2D eigenvalue weighted by Gasteiger charge is -2.10. The average molecular weight is 226 g/mol. The van der Waals surface area contributed by atoms with Crippen LogP contribution in [0.3, 0.4) is 0 Å². The number of allylic oxidation sites excluding steroid dienone is 1. The molecule has 1 aliphatic rings. The number of aliphatic hydroxyl groups is 1. The molecule has 3 N–H and O–H groups in total. The summed E-state index contributed by atoms with van der Waals surface area (Å²) < 4.78 is 0. The zero-order chi connectivity index (χ0) is 12.1. The van der Waals surface area contributed by atoms with Crippen molar-refractivity contribution in [3.8, 4) is 0 Å². The fourth-order valence-electron chi connectivity index (χ4n) is 1.32. The zero-order valence-corrected chi connectivity index (χ0v) is 9.67. The van der Waals surface area contributed by atoms with Crippen molar-refractivity contribution >= 4 is 11.8 Å². The number of carbonyl (C=O) groups excluding carboxylic acids is 2. The highest BCUT2D eigenvalue weighted by Crippen LogP contribution is 2.19. The normalized spacial score (nSPS) is 16.4. The summed E-state index contributed by atoms with van der Waals surface area (Å²) in [6.45, 7) is 3.26. The first kappa shape index (κ1) is 12.5. The first-order valence-corrected chi connectivity index (χ1v) is 5.55. The van der Waals surface area contributed by atoms with Gasteiger partial charge in [-0.2, -0.15) is 0 Å². The summed E-state index contributed by atoms with van der Waals surface area (Å²) in [5.74, 6) is -1.15. The number of hydrogen-bond donors (Lipinski definition) is 3. The summed E-state index contributed by atoms with van der Waals surface area (Å²) in [6.07, 6.45) is 3.14. The van der Waals surface area contributed by atoms with Gasteiger partial charge in [0.05, 0.1) is 5.70 Å². The van der Waals surface area contributed by atoms with Gasteiger partial charge in [-0.15, -0.1) is 0 Å². The fraction of sp³-hybridized carbons (Fsp3) is 0.636. The van der Waals surface area contributed by atoms with Crippen LogP contribution in [-0.4, -0.2) is 23.0 Å². The van der Waals surface area contributed by atoms with Crippen LogP contribution in [0, 0.1) is 0 Å². The Morgan fingerprint density at radius 1 is 1.38 bits per heavy atom. The lowest BCUT2D eigenvalue weighted by molar-refractivity contribution is -0.120. The van der Waals surface area contributed by atoms with E-state index in [1.807, 2.05) is 6.92 Å². The second kappa shape index (κ2) is 5.53. The number of amides is 2. The van der Waals surface area contributed by atoms with Crippen LogP contribution in [0.4, 0.5) is 0 Å². The molecular weight excluding hydrogens is 208 g/mol. The Labute approximate surface area is 94.9 Å². The lowest BCUT2D eigenvalue weighted by Crippen LogP contribution is -2.31. The summed E-state index contributed by atoms with van der Waals surface area (Å²) in [5.41, 5.74) is 0.299. The molecule has 90 valence electrons. The predicted octanol–water partition coefficient (Wildman–Crippen LogP) is 0.971. The molecule has 0 aromatic carbocycles. The van der Waals surface area contributed by atoms with Gasteiger partial charge in [0.15, 0.2) is 0 Å². The van der Waals surface area contributed by atoms with E-state index in [9.17, 15) is 14.7 Å². The number of carbonyl (C=O) groups is 2. The van der Waals surface area contributed by atoms with E-state index in [4.69, 9.17) is 0 Å². The van der Waals surface area contributed by atoms with Gasteiger partial charge in [-0.25, -0.2) is 0 Å². The molecule has 1 saturated carbocycles. The Morgan fingerprint density at radius 3 is 2.44 bits per heavy atom. The van der Waals surface area contributed by atoms with Crippen molar-refractivity contribution in [3.63, 3.8) is 0 Å². The van der Waals surface area contributed by atoms with Crippen molar-refractivity contribution in [1.82, 2.24) is 10.6 Å². The Bertz CT molecular complexity index is 319. The Kier molecular flexibility index (Phi) is 4.34. The predicted molar refractivity (Wildman–Crippen MR) is 59.5 cm³/mol. The van der Waals surface area contributed by atoms with Gasteiger partial charge < -0.3 is 15.7 Å². The van der Waals surface area contributed by atoms with Crippen molar-refractivity contribution in [1.29, 1.82) is 0 Å². The molecule has 5 heteroatoms. The van der Waals surface area contributed by atoms with Crippen LogP contribution in [0.15, 0.2) is 11.5 Å². The summed E-state index contributed by atoms with van der Waals surface area (Å²) >= 11 is 0. The topological polar surface area (TPSA) is 78.4 Å². The van der Waals surface area contributed by atoms with Crippen molar-refractivity contribution in [2.45, 2.75) is 45.6 Å². The van der Waals surface area contributed by atoms with Crippen LogP contribution in [0.2, 0.25) is 0 Å². The summed E-state index contributed by atoms with van der Waals surface area (Å²) in [4.78, 5) is 22.4. The molecule has 0 saturated heterocycles. The fourth-order valence-corrected chi connectivity index (χ4v) is 1.32. The minimum atomic E-state index is -0.500. The molecule has 0 spiro atoms. The maximum absolute atomic E-state index is 11.5. The van der Waals surface area contributed by atoms with E-state index in [1.54, 1.807) is 0 Å². The Morgan fingerprint density at radius 2 is 2.00 bits per heavy atom. The summed E-state index contributed by atoms with van der Waals surface area (Å²) in [7, 11) is 0. The van der Waals surface area contributed by atoms with E-state index in [2.05, 4.69) is 10.6 Å². The largest absolute Gasteiger partial charge is 0.502 e. The molecule has 1 aliphatic carbocycles. The van der Waals surface area contributed by atoms with Gasteiger partial charge in [0.25, 0.3) is 5.91 Å². The Hall–Kier alpha value is -1.52. The van der Waals surface area contributed by atoms with Crippen LogP contribution >= 0.6 is 0 Å². The zero-order valence-electron chi connectivity index (χ0n) is 9.67. The minimum absolute atomic E-state index is 0.190. The molecule has 16 heavy (non-hydrogen) atoms. The third-order valence-corrected chi connectivity index (χ3v) is 2.24. The minimum Gasteiger partial charge on any atom is -0.502 e. The first-order valence-electron chi connectivity index (χ1n) is 5.55. The molecule has 1 rings (SSSR count). The summed E-state index contributed by atoms with van der Waals surface area (Å²) in [6, 6.07) is 0.190. The molecule has 0 aromatic heterocycles. The van der Waals surface area contributed by atoms with Gasteiger partial charge in [-0.1, -0.05) is 13.3 Å².